The minimum atomic E-state index is -0.945. The van der Waals surface area contributed by atoms with Gasteiger partial charge in [-0.05, 0) is 35.4 Å². The number of carboxylic acid groups (broad SMARTS) is 1. The Hall–Kier alpha value is -2.49. The zero-order chi connectivity index (χ0) is 14.8. The van der Waals surface area contributed by atoms with Crippen molar-refractivity contribution >= 4 is 5.97 Å². The van der Waals surface area contributed by atoms with Crippen LogP contribution in [0.25, 0.3) is 0 Å². The van der Waals surface area contributed by atoms with Gasteiger partial charge in [-0.15, -0.1) is 0 Å². The first-order valence-electron chi connectivity index (χ1n) is 6.22. The Kier molecular flexibility index (Phi) is 3.66. The van der Waals surface area contributed by atoms with Crippen LogP contribution in [-0.2, 0) is 10.2 Å². The first kappa shape index (κ1) is 13.9. The Bertz CT molecular complexity index is 588. The van der Waals surface area contributed by atoms with Gasteiger partial charge < -0.3 is 15.3 Å². The number of carbonyl (C=O) groups is 1. The van der Waals surface area contributed by atoms with Gasteiger partial charge in [0.05, 0.1) is 6.42 Å². The first-order valence-corrected chi connectivity index (χ1v) is 6.22. The maximum absolute atomic E-state index is 11.2. The second-order valence-corrected chi connectivity index (χ2v) is 5.00. The van der Waals surface area contributed by atoms with Crippen LogP contribution >= 0.6 is 0 Å². The lowest BCUT2D eigenvalue weighted by atomic mass is 9.73. The predicted molar refractivity (Wildman–Crippen MR) is 74.9 cm³/mol. The second-order valence-electron chi connectivity index (χ2n) is 5.00. The normalized spacial score (nSPS) is 11.2. The number of phenols is 2. The van der Waals surface area contributed by atoms with Crippen molar-refractivity contribution in [1.82, 2.24) is 0 Å². The molecule has 0 heterocycles. The number of benzene rings is 2. The van der Waals surface area contributed by atoms with E-state index in [1.807, 2.05) is 0 Å². The Balaban J connectivity index is 2.58. The summed E-state index contributed by atoms with van der Waals surface area (Å²) in [5, 5.41) is 28.4. The Labute approximate surface area is 116 Å². The van der Waals surface area contributed by atoms with E-state index in [2.05, 4.69) is 0 Å². The fourth-order valence-electron chi connectivity index (χ4n) is 2.37. The van der Waals surface area contributed by atoms with E-state index in [0.29, 0.717) is 11.1 Å². The molecule has 2 aromatic carbocycles. The molecule has 104 valence electrons. The van der Waals surface area contributed by atoms with Crippen LogP contribution in [0.2, 0.25) is 0 Å². The Morgan fingerprint density at radius 2 is 1.45 bits per heavy atom. The minimum Gasteiger partial charge on any atom is -0.508 e. The molecule has 0 atom stereocenters. The van der Waals surface area contributed by atoms with E-state index in [4.69, 9.17) is 0 Å². The highest BCUT2D eigenvalue weighted by Crippen LogP contribution is 2.37. The topological polar surface area (TPSA) is 77.8 Å². The van der Waals surface area contributed by atoms with Crippen molar-refractivity contribution in [2.45, 2.75) is 18.8 Å². The standard InChI is InChI=1S/C16H16O4/c1-16(10-15(19)20,11-4-2-6-13(17)8-11)12-5-3-7-14(18)9-12/h2-9,17-18H,10H2,1H3,(H,19,20). The van der Waals surface area contributed by atoms with Crippen molar-refractivity contribution in [3.05, 3.63) is 59.7 Å². The third kappa shape index (κ3) is 2.74. The highest BCUT2D eigenvalue weighted by atomic mass is 16.4. The summed E-state index contributed by atoms with van der Waals surface area (Å²) in [6.07, 6.45) is -0.139. The lowest BCUT2D eigenvalue weighted by Crippen LogP contribution is -2.27. The smallest absolute Gasteiger partial charge is 0.304 e. The molecular weight excluding hydrogens is 256 g/mol. The number of carboxylic acids is 1. The summed E-state index contributed by atoms with van der Waals surface area (Å²) in [4.78, 5) is 11.2. The lowest BCUT2D eigenvalue weighted by Gasteiger charge is -2.29. The van der Waals surface area contributed by atoms with Crippen molar-refractivity contribution in [3.63, 3.8) is 0 Å². The number of phenolic OH excluding ortho intramolecular Hbond substituents is 2. The molecule has 0 spiro atoms. The third-order valence-corrected chi connectivity index (χ3v) is 3.47. The van der Waals surface area contributed by atoms with E-state index in [-0.39, 0.29) is 17.9 Å². The maximum atomic E-state index is 11.2. The van der Waals surface area contributed by atoms with Crippen LogP contribution < -0.4 is 0 Å². The van der Waals surface area contributed by atoms with Gasteiger partial charge in [-0.2, -0.15) is 0 Å². The van der Waals surface area contributed by atoms with E-state index >= 15 is 0 Å². The second kappa shape index (κ2) is 5.25. The number of rotatable bonds is 4. The summed E-state index contributed by atoms with van der Waals surface area (Å²) < 4.78 is 0. The fourth-order valence-corrected chi connectivity index (χ4v) is 2.37. The van der Waals surface area contributed by atoms with Crippen LogP contribution in [0.5, 0.6) is 11.5 Å². The summed E-state index contributed by atoms with van der Waals surface area (Å²) in [5.74, 6) is -0.780. The zero-order valence-electron chi connectivity index (χ0n) is 11.1. The van der Waals surface area contributed by atoms with Crippen molar-refractivity contribution < 1.29 is 20.1 Å². The van der Waals surface area contributed by atoms with Crippen LogP contribution in [-0.4, -0.2) is 21.3 Å². The van der Waals surface area contributed by atoms with E-state index in [1.165, 1.54) is 12.1 Å². The molecule has 20 heavy (non-hydrogen) atoms. The van der Waals surface area contributed by atoms with Crippen LogP contribution in [0.15, 0.2) is 48.5 Å². The molecule has 0 aromatic heterocycles. The molecule has 4 heteroatoms. The van der Waals surface area contributed by atoms with Crippen LogP contribution in [0.3, 0.4) is 0 Å². The van der Waals surface area contributed by atoms with Gasteiger partial charge in [0.15, 0.2) is 0 Å². The van der Waals surface area contributed by atoms with E-state index in [9.17, 15) is 20.1 Å². The number of hydrogen-bond acceptors (Lipinski definition) is 3. The highest BCUT2D eigenvalue weighted by Gasteiger charge is 2.32. The van der Waals surface area contributed by atoms with E-state index in [1.54, 1.807) is 43.3 Å². The molecule has 0 fully saturated rings. The number of aromatic hydroxyl groups is 2. The monoisotopic (exact) mass is 272 g/mol. The van der Waals surface area contributed by atoms with Gasteiger partial charge in [-0.1, -0.05) is 31.2 Å². The average Bonchev–Trinajstić information content (AvgIpc) is 2.38. The molecular formula is C16H16O4. The largest absolute Gasteiger partial charge is 0.508 e. The molecule has 0 saturated carbocycles. The molecule has 0 aliphatic carbocycles. The highest BCUT2D eigenvalue weighted by molar-refractivity contribution is 5.70. The van der Waals surface area contributed by atoms with Gasteiger partial charge in [0, 0.05) is 5.41 Å². The van der Waals surface area contributed by atoms with Crippen molar-refractivity contribution in [2.75, 3.05) is 0 Å². The average molecular weight is 272 g/mol. The summed E-state index contributed by atoms with van der Waals surface area (Å²) in [7, 11) is 0. The predicted octanol–water partition coefficient (Wildman–Crippen LogP) is 2.88. The van der Waals surface area contributed by atoms with Gasteiger partial charge in [0.25, 0.3) is 0 Å². The van der Waals surface area contributed by atoms with Crippen LogP contribution in [0.1, 0.15) is 24.5 Å². The van der Waals surface area contributed by atoms with Gasteiger partial charge in [-0.3, -0.25) is 4.79 Å². The minimum absolute atomic E-state index is 0.0827. The van der Waals surface area contributed by atoms with Gasteiger partial charge >= 0.3 is 5.97 Å². The maximum Gasteiger partial charge on any atom is 0.304 e. The molecule has 4 nitrogen and oxygen atoms in total. The molecule has 0 unspecified atom stereocenters. The quantitative estimate of drug-likeness (QED) is 0.799. The van der Waals surface area contributed by atoms with Crippen molar-refractivity contribution in [1.29, 1.82) is 0 Å². The number of hydrogen-bond donors (Lipinski definition) is 3. The molecule has 0 saturated heterocycles. The van der Waals surface area contributed by atoms with E-state index in [0.717, 1.165) is 0 Å². The summed E-state index contributed by atoms with van der Waals surface area (Å²) in [6, 6.07) is 13.1. The molecule has 0 amide bonds. The van der Waals surface area contributed by atoms with Gasteiger partial charge in [-0.25, -0.2) is 0 Å². The van der Waals surface area contributed by atoms with Crippen LogP contribution in [0.4, 0.5) is 0 Å². The van der Waals surface area contributed by atoms with Crippen LogP contribution in [0, 0.1) is 0 Å². The van der Waals surface area contributed by atoms with Gasteiger partial charge in [0.2, 0.25) is 0 Å². The molecule has 2 aromatic rings. The molecule has 0 radical (unpaired) electrons. The molecule has 0 aliphatic rings. The van der Waals surface area contributed by atoms with Gasteiger partial charge in [0.1, 0.15) is 11.5 Å². The van der Waals surface area contributed by atoms with Crippen molar-refractivity contribution in [3.8, 4) is 11.5 Å². The molecule has 0 aliphatic heterocycles. The van der Waals surface area contributed by atoms with E-state index < -0.39 is 11.4 Å². The lowest BCUT2D eigenvalue weighted by molar-refractivity contribution is -0.138. The summed E-state index contributed by atoms with van der Waals surface area (Å²) >= 11 is 0. The summed E-state index contributed by atoms with van der Waals surface area (Å²) in [6.45, 7) is 1.78. The molecule has 2 rings (SSSR count). The fraction of sp³-hybridized carbons (Fsp3) is 0.188. The van der Waals surface area contributed by atoms with Crippen molar-refractivity contribution in [2.24, 2.45) is 0 Å². The third-order valence-electron chi connectivity index (χ3n) is 3.47. The molecule has 3 N–H and O–H groups in total. The first-order chi connectivity index (χ1) is 9.41. The Morgan fingerprint density at radius 1 is 1.00 bits per heavy atom. The number of aliphatic carboxylic acids is 1. The zero-order valence-corrected chi connectivity index (χ0v) is 11.1. The Morgan fingerprint density at radius 3 is 1.80 bits per heavy atom. The molecule has 0 bridgehead atoms. The summed E-state index contributed by atoms with van der Waals surface area (Å²) in [5.41, 5.74) is 0.541. The SMILES string of the molecule is CC(CC(=O)O)(c1cccc(O)c1)c1cccc(O)c1.